The minimum Gasteiger partial charge on any atom is -0.351 e. The van der Waals surface area contributed by atoms with Crippen molar-refractivity contribution < 1.29 is 4.79 Å². The predicted molar refractivity (Wildman–Crippen MR) is 108 cm³/mol. The van der Waals surface area contributed by atoms with Crippen molar-refractivity contribution in [1.82, 2.24) is 10.2 Å². The number of rotatable bonds is 5. The highest BCUT2D eigenvalue weighted by Crippen LogP contribution is 2.48. The maximum Gasteiger partial charge on any atom is 0.230 e. The van der Waals surface area contributed by atoms with E-state index in [2.05, 4.69) is 75.5 Å². The first-order valence-corrected chi connectivity index (χ1v) is 10.2. The highest BCUT2D eigenvalue weighted by Gasteiger charge is 2.51. The molecule has 2 atom stereocenters. The fourth-order valence-electron chi connectivity index (χ4n) is 4.06. The van der Waals surface area contributed by atoms with Crippen molar-refractivity contribution >= 4 is 21.8 Å². The summed E-state index contributed by atoms with van der Waals surface area (Å²) >= 11 is 3.47. The number of nitrogens with one attached hydrogen (secondary N) is 1. The Balaban J connectivity index is 1.38. The van der Waals surface area contributed by atoms with E-state index in [1.807, 2.05) is 12.1 Å². The number of nitrogens with zero attached hydrogens (tertiary/aromatic N) is 1. The Kier molecular flexibility index (Phi) is 4.89. The van der Waals surface area contributed by atoms with Crippen LogP contribution in [-0.4, -0.2) is 29.9 Å². The van der Waals surface area contributed by atoms with Crippen LogP contribution in [0.2, 0.25) is 0 Å². The van der Waals surface area contributed by atoms with Crippen LogP contribution in [0.4, 0.5) is 0 Å². The van der Waals surface area contributed by atoms with Crippen LogP contribution in [0.3, 0.4) is 0 Å². The second kappa shape index (κ2) is 7.16. The Labute approximate surface area is 163 Å². The lowest BCUT2D eigenvalue weighted by Gasteiger charge is -2.25. The van der Waals surface area contributed by atoms with Crippen molar-refractivity contribution in [3.8, 4) is 0 Å². The summed E-state index contributed by atoms with van der Waals surface area (Å²) in [5.41, 5.74) is 2.19. The van der Waals surface area contributed by atoms with E-state index >= 15 is 0 Å². The molecule has 0 aromatic heterocycles. The second-order valence-electron chi connectivity index (χ2n) is 7.63. The highest BCUT2D eigenvalue weighted by atomic mass is 79.9. The smallest absolute Gasteiger partial charge is 0.230 e. The van der Waals surface area contributed by atoms with Crippen molar-refractivity contribution in [1.29, 1.82) is 0 Å². The summed E-state index contributed by atoms with van der Waals surface area (Å²) in [6.45, 7) is 4.22. The van der Waals surface area contributed by atoms with Gasteiger partial charge < -0.3 is 5.32 Å². The van der Waals surface area contributed by atoms with Gasteiger partial charge in [-0.3, -0.25) is 9.69 Å². The molecule has 4 heteroatoms. The van der Waals surface area contributed by atoms with Crippen molar-refractivity contribution in [2.24, 2.45) is 0 Å². The summed E-state index contributed by atoms with van der Waals surface area (Å²) in [6.07, 6.45) is 2.94. The van der Waals surface area contributed by atoms with Crippen LogP contribution in [-0.2, 0) is 10.2 Å². The number of hydrogen-bond acceptors (Lipinski definition) is 2. The Morgan fingerprint density at radius 1 is 1.15 bits per heavy atom. The fourth-order valence-corrected chi connectivity index (χ4v) is 4.33. The maximum atomic E-state index is 13.0. The van der Waals surface area contributed by atoms with E-state index in [0.717, 1.165) is 42.4 Å². The third-order valence-corrected chi connectivity index (χ3v) is 6.49. The van der Waals surface area contributed by atoms with E-state index < -0.39 is 0 Å². The zero-order valence-corrected chi connectivity index (χ0v) is 16.7. The van der Waals surface area contributed by atoms with Gasteiger partial charge in [0.25, 0.3) is 0 Å². The molecule has 2 fully saturated rings. The Morgan fingerprint density at radius 3 is 2.50 bits per heavy atom. The molecule has 0 spiro atoms. The number of benzene rings is 2. The van der Waals surface area contributed by atoms with Gasteiger partial charge in [-0.2, -0.15) is 0 Å². The van der Waals surface area contributed by atoms with E-state index in [4.69, 9.17) is 0 Å². The molecule has 136 valence electrons. The number of carbonyl (C=O) groups is 1. The molecule has 1 N–H and O–H groups in total. The number of halogens is 1. The molecule has 2 aromatic carbocycles. The summed E-state index contributed by atoms with van der Waals surface area (Å²) < 4.78 is 1.05. The zero-order valence-electron chi connectivity index (χ0n) is 15.1. The fraction of sp³-hybridized carbons (Fsp3) is 0.409. The van der Waals surface area contributed by atoms with Crippen LogP contribution >= 0.6 is 15.9 Å². The van der Waals surface area contributed by atoms with Crippen LogP contribution in [0.1, 0.15) is 43.4 Å². The molecule has 4 rings (SSSR count). The maximum absolute atomic E-state index is 13.0. The van der Waals surface area contributed by atoms with Gasteiger partial charge in [-0.1, -0.05) is 58.4 Å². The quantitative estimate of drug-likeness (QED) is 0.787. The van der Waals surface area contributed by atoms with Crippen LogP contribution in [0.25, 0.3) is 0 Å². The molecular formula is C22H25BrN2O. The number of hydrogen-bond donors (Lipinski definition) is 1. The topological polar surface area (TPSA) is 32.3 Å². The minimum absolute atomic E-state index is 0.207. The third kappa shape index (κ3) is 3.45. The van der Waals surface area contributed by atoms with E-state index in [9.17, 15) is 4.79 Å². The van der Waals surface area contributed by atoms with E-state index in [0.29, 0.717) is 6.04 Å². The number of amides is 1. The highest BCUT2D eigenvalue weighted by molar-refractivity contribution is 9.10. The molecule has 1 aliphatic heterocycles. The van der Waals surface area contributed by atoms with Gasteiger partial charge in [0, 0.05) is 29.6 Å². The monoisotopic (exact) mass is 412 g/mol. The van der Waals surface area contributed by atoms with Gasteiger partial charge >= 0.3 is 0 Å². The van der Waals surface area contributed by atoms with Crippen LogP contribution in [0.5, 0.6) is 0 Å². The molecule has 1 saturated heterocycles. The van der Waals surface area contributed by atoms with Crippen LogP contribution < -0.4 is 5.32 Å². The van der Waals surface area contributed by atoms with Crippen molar-refractivity contribution in [2.75, 3.05) is 13.1 Å². The third-order valence-electron chi connectivity index (χ3n) is 5.97. The molecule has 0 bridgehead atoms. The molecule has 1 heterocycles. The van der Waals surface area contributed by atoms with Gasteiger partial charge in [-0.05, 0) is 49.4 Å². The number of likely N-dealkylation sites (tertiary alicyclic amines) is 1. The van der Waals surface area contributed by atoms with Crippen molar-refractivity contribution in [3.05, 3.63) is 70.2 Å². The average molecular weight is 413 g/mol. The van der Waals surface area contributed by atoms with Crippen molar-refractivity contribution in [3.63, 3.8) is 0 Å². The Bertz CT molecular complexity index is 770. The lowest BCUT2D eigenvalue weighted by molar-refractivity contribution is -0.124. The SMILES string of the molecule is CC(c1ccccc1)N1CCC(NC(=O)C2(c3ccc(Br)cc3)CC2)C1. The molecule has 1 amide bonds. The summed E-state index contributed by atoms with van der Waals surface area (Å²) in [7, 11) is 0. The first kappa shape index (κ1) is 17.7. The minimum atomic E-state index is -0.292. The molecule has 26 heavy (non-hydrogen) atoms. The van der Waals surface area contributed by atoms with Crippen LogP contribution in [0.15, 0.2) is 59.1 Å². The van der Waals surface area contributed by atoms with E-state index in [1.54, 1.807) is 0 Å². The molecule has 2 aliphatic rings. The zero-order chi connectivity index (χ0) is 18.1. The van der Waals surface area contributed by atoms with Gasteiger partial charge in [0.05, 0.1) is 5.41 Å². The van der Waals surface area contributed by atoms with Gasteiger partial charge in [0.1, 0.15) is 0 Å². The van der Waals surface area contributed by atoms with E-state index in [-0.39, 0.29) is 17.4 Å². The summed E-state index contributed by atoms with van der Waals surface area (Å²) in [5, 5.41) is 3.34. The molecule has 2 aromatic rings. The summed E-state index contributed by atoms with van der Waals surface area (Å²) in [6, 6.07) is 19.5. The molecule has 3 nitrogen and oxygen atoms in total. The number of carbonyl (C=O) groups excluding carboxylic acids is 1. The van der Waals surface area contributed by atoms with E-state index in [1.165, 1.54) is 5.56 Å². The molecular weight excluding hydrogens is 388 g/mol. The first-order valence-electron chi connectivity index (χ1n) is 9.44. The van der Waals surface area contributed by atoms with Gasteiger partial charge in [-0.25, -0.2) is 0 Å². The molecule has 0 radical (unpaired) electrons. The summed E-state index contributed by atoms with van der Waals surface area (Å²) in [5.74, 6) is 0.207. The normalized spacial score (nSPS) is 22.8. The summed E-state index contributed by atoms with van der Waals surface area (Å²) in [4.78, 5) is 15.4. The van der Waals surface area contributed by atoms with Gasteiger partial charge in [-0.15, -0.1) is 0 Å². The first-order chi connectivity index (χ1) is 12.6. The largest absolute Gasteiger partial charge is 0.351 e. The second-order valence-corrected chi connectivity index (χ2v) is 8.55. The average Bonchev–Trinajstić information content (AvgIpc) is 3.36. The lowest BCUT2D eigenvalue weighted by atomic mass is 9.94. The Hall–Kier alpha value is -1.65. The molecule has 2 unspecified atom stereocenters. The molecule has 1 aliphatic carbocycles. The van der Waals surface area contributed by atoms with Gasteiger partial charge in [0.2, 0.25) is 5.91 Å². The predicted octanol–water partition coefficient (Wildman–Crippen LogP) is 4.43. The van der Waals surface area contributed by atoms with Gasteiger partial charge in [0.15, 0.2) is 0 Å². The molecule has 1 saturated carbocycles. The van der Waals surface area contributed by atoms with Crippen LogP contribution in [0, 0.1) is 0 Å². The standard InChI is InChI=1S/C22H25BrN2O/c1-16(17-5-3-2-4-6-17)25-14-11-20(15-25)24-21(26)22(12-13-22)18-7-9-19(23)10-8-18/h2-10,16,20H,11-15H2,1H3,(H,24,26). The lowest BCUT2D eigenvalue weighted by Crippen LogP contribution is -2.43. The van der Waals surface area contributed by atoms with Crippen molar-refractivity contribution in [2.45, 2.75) is 43.7 Å². The Morgan fingerprint density at radius 2 is 1.85 bits per heavy atom.